The first-order chi connectivity index (χ1) is 11.0. The SMILES string of the molecule is Cc1csc(Nc2cc([C@@H]3CCN(CC(N)=O)C3)nc(C)n2)n1. The second-order valence-electron chi connectivity index (χ2n) is 5.83. The topological polar surface area (TPSA) is 97.0 Å². The first-order valence-electron chi connectivity index (χ1n) is 7.55. The second kappa shape index (κ2) is 6.59. The lowest BCUT2D eigenvalue weighted by Gasteiger charge is -2.14. The Morgan fingerprint density at radius 3 is 2.96 bits per heavy atom. The van der Waals surface area contributed by atoms with Crippen LogP contribution in [0.15, 0.2) is 11.4 Å². The molecule has 0 spiro atoms. The highest BCUT2D eigenvalue weighted by Crippen LogP contribution is 2.28. The second-order valence-corrected chi connectivity index (χ2v) is 6.69. The van der Waals surface area contributed by atoms with Gasteiger partial charge in [-0.05, 0) is 26.8 Å². The number of hydrogen-bond donors (Lipinski definition) is 2. The van der Waals surface area contributed by atoms with Crippen molar-refractivity contribution in [2.75, 3.05) is 25.0 Å². The van der Waals surface area contributed by atoms with Gasteiger partial charge < -0.3 is 11.1 Å². The molecule has 0 bridgehead atoms. The molecular weight excluding hydrogens is 312 g/mol. The van der Waals surface area contributed by atoms with Crippen LogP contribution in [0.25, 0.3) is 0 Å². The molecule has 1 amide bonds. The maximum atomic E-state index is 11.1. The van der Waals surface area contributed by atoms with Gasteiger partial charge in [0.25, 0.3) is 0 Å². The Labute approximate surface area is 139 Å². The summed E-state index contributed by atoms with van der Waals surface area (Å²) in [5.74, 6) is 1.50. The van der Waals surface area contributed by atoms with Gasteiger partial charge in [-0.25, -0.2) is 15.0 Å². The van der Waals surface area contributed by atoms with E-state index in [1.54, 1.807) is 11.3 Å². The highest BCUT2D eigenvalue weighted by Gasteiger charge is 2.26. The Bertz CT molecular complexity index is 716. The summed E-state index contributed by atoms with van der Waals surface area (Å²) in [5.41, 5.74) is 7.26. The lowest BCUT2D eigenvalue weighted by atomic mass is 10.0. The summed E-state index contributed by atoms with van der Waals surface area (Å²) in [6.07, 6.45) is 0.972. The van der Waals surface area contributed by atoms with Crippen LogP contribution < -0.4 is 11.1 Å². The van der Waals surface area contributed by atoms with E-state index in [1.165, 1.54) is 0 Å². The van der Waals surface area contributed by atoms with Gasteiger partial charge in [-0.15, -0.1) is 11.3 Å². The van der Waals surface area contributed by atoms with E-state index in [0.29, 0.717) is 12.5 Å². The van der Waals surface area contributed by atoms with Gasteiger partial charge in [-0.2, -0.15) is 0 Å². The molecule has 7 nitrogen and oxygen atoms in total. The number of carbonyl (C=O) groups excluding carboxylic acids is 1. The smallest absolute Gasteiger partial charge is 0.231 e. The van der Waals surface area contributed by atoms with Gasteiger partial charge in [0.15, 0.2) is 5.13 Å². The van der Waals surface area contributed by atoms with E-state index in [4.69, 9.17) is 5.73 Å². The van der Waals surface area contributed by atoms with Gasteiger partial charge in [0.1, 0.15) is 11.6 Å². The molecule has 1 atom stereocenters. The molecule has 0 unspecified atom stereocenters. The number of anilines is 2. The summed E-state index contributed by atoms with van der Waals surface area (Å²) in [7, 11) is 0. The van der Waals surface area contributed by atoms with Crippen LogP contribution >= 0.6 is 11.3 Å². The highest BCUT2D eigenvalue weighted by molar-refractivity contribution is 7.13. The fourth-order valence-electron chi connectivity index (χ4n) is 2.82. The quantitative estimate of drug-likeness (QED) is 0.862. The maximum Gasteiger partial charge on any atom is 0.231 e. The van der Waals surface area contributed by atoms with Crippen molar-refractivity contribution in [3.8, 4) is 0 Å². The molecule has 3 rings (SSSR count). The monoisotopic (exact) mass is 332 g/mol. The van der Waals surface area contributed by atoms with E-state index in [0.717, 1.165) is 47.7 Å². The molecule has 1 aliphatic rings. The van der Waals surface area contributed by atoms with Crippen molar-refractivity contribution in [3.05, 3.63) is 28.7 Å². The summed E-state index contributed by atoms with van der Waals surface area (Å²) in [6.45, 7) is 5.83. The first kappa shape index (κ1) is 15.8. The molecule has 1 fully saturated rings. The van der Waals surface area contributed by atoms with Gasteiger partial charge >= 0.3 is 0 Å². The average molecular weight is 332 g/mol. The van der Waals surface area contributed by atoms with Crippen LogP contribution in [-0.2, 0) is 4.79 Å². The zero-order valence-corrected chi connectivity index (χ0v) is 14.1. The molecule has 2 aromatic heterocycles. The lowest BCUT2D eigenvalue weighted by molar-refractivity contribution is -0.118. The maximum absolute atomic E-state index is 11.1. The van der Waals surface area contributed by atoms with Crippen LogP contribution in [0, 0.1) is 13.8 Å². The number of amides is 1. The van der Waals surface area contributed by atoms with Crippen molar-refractivity contribution in [2.24, 2.45) is 5.73 Å². The summed E-state index contributed by atoms with van der Waals surface area (Å²) in [4.78, 5) is 26.5. The minimum atomic E-state index is -0.286. The van der Waals surface area contributed by atoms with Crippen LogP contribution in [0.4, 0.5) is 10.9 Å². The minimum Gasteiger partial charge on any atom is -0.369 e. The number of carbonyl (C=O) groups is 1. The van der Waals surface area contributed by atoms with Gasteiger partial charge in [-0.3, -0.25) is 9.69 Å². The Morgan fingerprint density at radius 1 is 1.43 bits per heavy atom. The van der Waals surface area contributed by atoms with Crippen LogP contribution in [0.1, 0.15) is 29.6 Å². The molecule has 23 heavy (non-hydrogen) atoms. The van der Waals surface area contributed by atoms with E-state index in [1.807, 2.05) is 25.3 Å². The number of nitrogens with zero attached hydrogens (tertiary/aromatic N) is 4. The fraction of sp³-hybridized carbons (Fsp3) is 0.467. The Balaban J connectivity index is 1.74. The Morgan fingerprint density at radius 2 is 2.26 bits per heavy atom. The van der Waals surface area contributed by atoms with Crippen molar-refractivity contribution >= 4 is 28.2 Å². The number of primary amides is 1. The molecule has 1 saturated heterocycles. The molecule has 1 aliphatic heterocycles. The molecule has 122 valence electrons. The number of aromatic nitrogens is 3. The molecular formula is C15H20N6OS. The highest BCUT2D eigenvalue weighted by atomic mass is 32.1. The van der Waals surface area contributed by atoms with Crippen molar-refractivity contribution in [2.45, 2.75) is 26.2 Å². The van der Waals surface area contributed by atoms with E-state index < -0.39 is 0 Å². The molecule has 3 heterocycles. The van der Waals surface area contributed by atoms with Crippen LogP contribution in [0.3, 0.4) is 0 Å². The van der Waals surface area contributed by atoms with Crippen LogP contribution in [-0.4, -0.2) is 45.4 Å². The number of rotatable bonds is 5. The number of hydrogen-bond acceptors (Lipinski definition) is 7. The molecule has 3 N–H and O–H groups in total. The van der Waals surface area contributed by atoms with Gasteiger partial charge in [0.2, 0.25) is 5.91 Å². The first-order valence-corrected chi connectivity index (χ1v) is 8.43. The van der Waals surface area contributed by atoms with E-state index >= 15 is 0 Å². The van der Waals surface area contributed by atoms with Crippen LogP contribution in [0.5, 0.6) is 0 Å². The minimum absolute atomic E-state index is 0.286. The average Bonchev–Trinajstić information content (AvgIpc) is 3.07. The lowest BCUT2D eigenvalue weighted by Crippen LogP contribution is -2.31. The Hall–Kier alpha value is -2.06. The molecule has 0 aliphatic carbocycles. The number of thiazole rings is 1. The third kappa shape index (κ3) is 4.02. The fourth-order valence-corrected chi connectivity index (χ4v) is 3.52. The number of nitrogens with one attached hydrogen (secondary N) is 1. The third-order valence-corrected chi connectivity index (χ3v) is 4.66. The summed E-state index contributed by atoms with van der Waals surface area (Å²) in [6, 6.07) is 1.97. The predicted octanol–water partition coefficient (Wildman–Crippen LogP) is 1.57. The van der Waals surface area contributed by atoms with Gasteiger partial charge in [0, 0.05) is 23.9 Å². The third-order valence-electron chi connectivity index (χ3n) is 3.78. The molecule has 0 aromatic carbocycles. The zero-order valence-electron chi connectivity index (χ0n) is 13.2. The molecule has 2 aromatic rings. The van der Waals surface area contributed by atoms with Crippen molar-refractivity contribution in [1.82, 2.24) is 19.9 Å². The van der Waals surface area contributed by atoms with Crippen LogP contribution in [0.2, 0.25) is 0 Å². The van der Waals surface area contributed by atoms with Crippen molar-refractivity contribution in [1.29, 1.82) is 0 Å². The molecule has 8 heteroatoms. The number of aryl methyl sites for hydroxylation is 2. The Kier molecular flexibility index (Phi) is 4.53. The van der Waals surface area contributed by atoms with Crippen molar-refractivity contribution < 1.29 is 4.79 Å². The largest absolute Gasteiger partial charge is 0.369 e. The van der Waals surface area contributed by atoms with E-state index in [-0.39, 0.29) is 5.91 Å². The normalized spacial score (nSPS) is 18.3. The summed E-state index contributed by atoms with van der Waals surface area (Å²) >= 11 is 1.55. The predicted molar refractivity (Wildman–Crippen MR) is 89.9 cm³/mol. The number of likely N-dealkylation sites (tertiary alicyclic amines) is 1. The van der Waals surface area contributed by atoms with Crippen molar-refractivity contribution in [3.63, 3.8) is 0 Å². The summed E-state index contributed by atoms with van der Waals surface area (Å²) in [5, 5.41) is 6.06. The van der Waals surface area contributed by atoms with Gasteiger partial charge in [0.05, 0.1) is 17.9 Å². The standard InChI is InChI=1S/C15H20N6OS/c1-9-8-23-15(17-9)20-14-5-12(18-10(2)19-14)11-3-4-21(6-11)7-13(16)22/h5,8,11H,3-4,6-7H2,1-2H3,(H2,16,22)(H,17,18,19,20)/t11-/m1/s1. The molecule has 0 saturated carbocycles. The van der Waals surface area contributed by atoms with Gasteiger partial charge in [-0.1, -0.05) is 0 Å². The summed E-state index contributed by atoms with van der Waals surface area (Å²) < 4.78 is 0. The number of nitrogens with two attached hydrogens (primary N) is 1. The van der Waals surface area contributed by atoms with E-state index in [2.05, 4.69) is 25.2 Å². The van der Waals surface area contributed by atoms with E-state index in [9.17, 15) is 4.79 Å². The zero-order chi connectivity index (χ0) is 16.4. The molecule has 0 radical (unpaired) electrons.